The van der Waals surface area contributed by atoms with Gasteiger partial charge in [-0.25, -0.2) is 4.79 Å². The fraction of sp³-hybridized carbons (Fsp3) is 0.333. The van der Waals surface area contributed by atoms with Gasteiger partial charge in [-0.15, -0.1) is 0 Å². The minimum atomic E-state index is -1.04. The predicted octanol–water partition coefficient (Wildman–Crippen LogP) is 1.66. The minimum absolute atomic E-state index is 0.0218. The van der Waals surface area contributed by atoms with E-state index in [1.54, 1.807) is 11.8 Å². The first-order valence-electron chi connectivity index (χ1n) is 5.59. The summed E-state index contributed by atoms with van der Waals surface area (Å²) in [5.74, 6) is 0.778. The Bertz CT molecular complexity index is 484. The molecule has 6 heteroatoms. The second-order valence-corrected chi connectivity index (χ2v) is 5.31. The molecule has 1 aromatic carbocycles. The van der Waals surface area contributed by atoms with Gasteiger partial charge in [0.15, 0.2) is 0 Å². The maximum Gasteiger partial charge on any atom is 0.335 e. The van der Waals surface area contributed by atoms with Crippen LogP contribution in [0.4, 0.5) is 11.4 Å². The van der Waals surface area contributed by atoms with Gasteiger partial charge in [0.05, 0.1) is 16.9 Å². The summed E-state index contributed by atoms with van der Waals surface area (Å²) in [5.41, 5.74) is 6.58. The number of carboxylic acids is 1. The van der Waals surface area contributed by atoms with Crippen LogP contribution in [-0.4, -0.2) is 28.5 Å². The highest BCUT2D eigenvalue weighted by Gasteiger charge is 2.23. The molecule has 1 heterocycles. The van der Waals surface area contributed by atoms with Crippen molar-refractivity contribution in [3.8, 4) is 0 Å². The Morgan fingerprint density at radius 1 is 1.44 bits per heavy atom. The molecule has 1 aromatic rings. The summed E-state index contributed by atoms with van der Waals surface area (Å²) in [5, 5.41) is 11.6. The predicted molar refractivity (Wildman–Crippen MR) is 71.9 cm³/mol. The van der Waals surface area contributed by atoms with Crippen LogP contribution >= 0.6 is 11.8 Å². The van der Waals surface area contributed by atoms with E-state index in [0.717, 1.165) is 17.9 Å². The maximum atomic E-state index is 11.9. The van der Waals surface area contributed by atoms with Crippen molar-refractivity contribution in [3.05, 3.63) is 23.8 Å². The van der Waals surface area contributed by atoms with Gasteiger partial charge in [0.25, 0.3) is 0 Å². The first-order valence-corrected chi connectivity index (χ1v) is 6.75. The zero-order valence-electron chi connectivity index (χ0n) is 9.68. The maximum absolute atomic E-state index is 11.9. The number of hydrogen-bond acceptors (Lipinski definition) is 4. The van der Waals surface area contributed by atoms with Gasteiger partial charge in [-0.2, -0.15) is 11.8 Å². The number of nitrogen functional groups attached to an aromatic ring is 1. The standard InChI is InChI=1S/C12H14N2O3S/c13-9-5-7(12(16)17)1-2-10(9)14-11(15)8-3-4-18-6-8/h1-2,5,8H,3-4,6,13H2,(H,14,15)(H,16,17). The van der Waals surface area contributed by atoms with Crippen molar-refractivity contribution in [2.45, 2.75) is 6.42 Å². The van der Waals surface area contributed by atoms with Crippen LogP contribution in [0.3, 0.4) is 0 Å². The van der Waals surface area contributed by atoms with E-state index in [9.17, 15) is 9.59 Å². The zero-order chi connectivity index (χ0) is 13.1. The van der Waals surface area contributed by atoms with Crippen LogP contribution in [0.5, 0.6) is 0 Å². The van der Waals surface area contributed by atoms with Crippen molar-refractivity contribution >= 4 is 35.0 Å². The Kier molecular flexibility index (Phi) is 3.76. The molecule has 0 aromatic heterocycles. The summed E-state index contributed by atoms with van der Waals surface area (Å²) in [6.45, 7) is 0. The fourth-order valence-electron chi connectivity index (χ4n) is 1.79. The van der Waals surface area contributed by atoms with Crippen LogP contribution in [0.1, 0.15) is 16.8 Å². The van der Waals surface area contributed by atoms with Crippen LogP contribution in [0.15, 0.2) is 18.2 Å². The second kappa shape index (κ2) is 5.30. The average Bonchev–Trinajstić information content (AvgIpc) is 2.85. The molecule has 1 aliphatic rings. The third-order valence-electron chi connectivity index (χ3n) is 2.86. The summed E-state index contributed by atoms with van der Waals surface area (Å²) in [7, 11) is 0. The number of anilines is 2. The SMILES string of the molecule is Nc1cc(C(=O)O)ccc1NC(=O)C1CCSC1. The molecule has 1 aliphatic heterocycles. The minimum Gasteiger partial charge on any atom is -0.478 e. The second-order valence-electron chi connectivity index (χ2n) is 4.16. The number of nitrogens with one attached hydrogen (secondary N) is 1. The molecule has 2 rings (SSSR count). The fourth-order valence-corrected chi connectivity index (χ4v) is 3.01. The van der Waals surface area contributed by atoms with Gasteiger partial charge in [0.1, 0.15) is 0 Å². The summed E-state index contributed by atoms with van der Waals surface area (Å²) in [6, 6.07) is 4.30. The number of aromatic carboxylic acids is 1. The molecule has 1 unspecified atom stereocenters. The largest absolute Gasteiger partial charge is 0.478 e. The van der Waals surface area contributed by atoms with Crippen molar-refractivity contribution in [2.24, 2.45) is 5.92 Å². The summed E-state index contributed by atoms with van der Waals surface area (Å²) in [6.07, 6.45) is 0.879. The normalized spacial score (nSPS) is 18.6. The molecule has 4 N–H and O–H groups in total. The lowest BCUT2D eigenvalue weighted by molar-refractivity contribution is -0.119. The van der Waals surface area contributed by atoms with E-state index in [0.29, 0.717) is 5.69 Å². The number of carbonyl (C=O) groups is 2. The first-order chi connectivity index (χ1) is 8.58. The molecular formula is C12H14N2O3S. The van der Waals surface area contributed by atoms with Crippen molar-refractivity contribution in [1.82, 2.24) is 0 Å². The molecule has 0 aliphatic carbocycles. The van der Waals surface area contributed by atoms with Gasteiger partial charge in [0.2, 0.25) is 5.91 Å². The van der Waals surface area contributed by atoms with Crippen molar-refractivity contribution < 1.29 is 14.7 Å². The topological polar surface area (TPSA) is 92.4 Å². The Balaban J connectivity index is 2.09. The van der Waals surface area contributed by atoms with Gasteiger partial charge in [-0.05, 0) is 30.4 Å². The van der Waals surface area contributed by atoms with Gasteiger partial charge in [0, 0.05) is 11.7 Å². The van der Waals surface area contributed by atoms with Crippen LogP contribution in [0.2, 0.25) is 0 Å². The molecule has 1 atom stereocenters. The van der Waals surface area contributed by atoms with Gasteiger partial charge in [-0.3, -0.25) is 4.79 Å². The van der Waals surface area contributed by atoms with Crippen molar-refractivity contribution in [1.29, 1.82) is 0 Å². The lowest BCUT2D eigenvalue weighted by Crippen LogP contribution is -2.23. The highest BCUT2D eigenvalue weighted by molar-refractivity contribution is 7.99. The van der Waals surface area contributed by atoms with E-state index in [-0.39, 0.29) is 23.1 Å². The Hall–Kier alpha value is -1.69. The molecule has 0 radical (unpaired) electrons. The molecule has 1 amide bonds. The molecule has 1 saturated heterocycles. The molecule has 5 nitrogen and oxygen atoms in total. The van der Waals surface area contributed by atoms with Crippen LogP contribution < -0.4 is 11.1 Å². The number of hydrogen-bond donors (Lipinski definition) is 3. The molecule has 0 spiro atoms. The number of carbonyl (C=O) groups excluding carboxylic acids is 1. The Morgan fingerprint density at radius 3 is 2.78 bits per heavy atom. The molecule has 96 valence electrons. The molecule has 18 heavy (non-hydrogen) atoms. The van der Waals surface area contributed by atoms with Crippen LogP contribution in [-0.2, 0) is 4.79 Å². The highest BCUT2D eigenvalue weighted by atomic mass is 32.2. The molecule has 0 bridgehead atoms. The lowest BCUT2D eigenvalue weighted by atomic mass is 10.1. The third kappa shape index (κ3) is 2.76. The van der Waals surface area contributed by atoms with Crippen molar-refractivity contribution in [3.63, 3.8) is 0 Å². The van der Waals surface area contributed by atoms with E-state index in [1.807, 2.05) is 0 Å². The van der Waals surface area contributed by atoms with Crippen LogP contribution in [0.25, 0.3) is 0 Å². The number of carboxylic acid groups (broad SMARTS) is 1. The summed E-state index contributed by atoms with van der Waals surface area (Å²) >= 11 is 1.76. The molecular weight excluding hydrogens is 252 g/mol. The number of benzene rings is 1. The average molecular weight is 266 g/mol. The number of rotatable bonds is 3. The van der Waals surface area contributed by atoms with Crippen LogP contribution in [0, 0.1) is 5.92 Å². The Morgan fingerprint density at radius 2 is 2.22 bits per heavy atom. The lowest BCUT2D eigenvalue weighted by Gasteiger charge is -2.12. The smallest absolute Gasteiger partial charge is 0.335 e. The van der Waals surface area contributed by atoms with Gasteiger partial charge < -0.3 is 16.2 Å². The first kappa shape index (κ1) is 12.8. The third-order valence-corrected chi connectivity index (χ3v) is 4.02. The number of thioether (sulfide) groups is 1. The summed E-state index contributed by atoms with van der Waals surface area (Å²) < 4.78 is 0. The van der Waals surface area contributed by atoms with Crippen molar-refractivity contribution in [2.75, 3.05) is 22.6 Å². The van der Waals surface area contributed by atoms with E-state index in [2.05, 4.69) is 5.32 Å². The number of nitrogens with two attached hydrogens (primary N) is 1. The summed E-state index contributed by atoms with van der Waals surface area (Å²) in [4.78, 5) is 22.6. The monoisotopic (exact) mass is 266 g/mol. The van der Waals surface area contributed by atoms with E-state index in [1.165, 1.54) is 18.2 Å². The van der Waals surface area contributed by atoms with E-state index in [4.69, 9.17) is 10.8 Å². The van der Waals surface area contributed by atoms with E-state index < -0.39 is 5.97 Å². The quantitative estimate of drug-likeness (QED) is 0.723. The zero-order valence-corrected chi connectivity index (χ0v) is 10.5. The van der Waals surface area contributed by atoms with Gasteiger partial charge >= 0.3 is 5.97 Å². The number of amides is 1. The molecule has 1 fully saturated rings. The Labute approximate surface area is 109 Å². The molecule has 0 saturated carbocycles. The van der Waals surface area contributed by atoms with Gasteiger partial charge in [-0.1, -0.05) is 0 Å². The van der Waals surface area contributed by atoms with E-state index >= 15 is 0 Å². The highest BCUT2D eigenvalue weighted by Crippen LogP contribution is 2.26.